The summed E-state index contributed by atoms with van der Waals surface area (Å²) in [7, 11) is 0. The quantitative estimate of drug-likeness (QED) is 0.571. The standard InChI is InChI=1S/C24H28N2O5/c1-3-16(12-22(27)26-15(2)23(28)29)13-25-24(30)31-14-21-19-10-6-4-8-17(19)18-9-5-7-11-20(18)21/h4-11,15-16,21H,3,12-14H2,1-2H3,(H,25,30)(H,26,27)(H,28,29). The van der Waals surface area contributed by atoms with Crippen molar-refractivity contribution >= 4 is 18.0 Å². The van der Waals surface area contributed by atoms with Crippen molar-refractivity contribution in [2.75, 3.05) is 13.2 Å². The van der Waals surface area contributed by atoms with Crippen molar-refractivity contribution < 1.29 is 24.2 Å². The molecule has 2 amide bonds. The number of ether oxygens (including phenoxy) is 1. The summed E-state index contributed by atoms with van der Waals surface area (Å²) >= 11 is 0. The maximum atomic E-state index is 12.3. The van der Waals surface area contributed by atoms with Gasteiger partial charge in [0, 0.05) is 18.9 Å². The fourth-order valence-corrected chi connectivity index (χ4v) is 3.86. The zero-order chi connectivity index (χ0) is 22.4. The van der Waals surface area contributed by atoms with Gasteiger partial charge in [-0.15, -0.1) is 0 Å². The number of amides is 2. The van der Waals surface area contributed by atoms with Crippen LogP contribution in [-0.2, 0) is 14.3 Å². The third-order valence-corrected chi connectivity index (χ3v) is 5.68. The highest BCUT2D eigenvalue weighted by Gasteiger charge is 2.29. The van der Waals surface area contributed by atoms with Crippen LogP contribution in [0.1, 0.15) is 43.7 Å². The molecule has 164 valence electrons. The van der Waals surface area contributed by atoms with Gasteiger partial charge in [0.25, 0.3) is 0 Å². The maximum absolute atomic E-state index is 12.3. The zero-order valence-electron chi connectivity index (χ0n) is 17.8. The Labute approximate surface area is 181 Å². The average molecular weight is 424 g/mol. The first-order valence-corrected chi connectivity index (χ1v) is 10.5. The second-order valence-electron chi connectivity index (χ2n) is 7.81. The number of carboxylic acids is 1. The number of carboxylic acid groups (broad SMARTS) is 1. The molecule has 1 aliphatic rings. The van der Waals surface area contributed by atoms with Crippen molar-refractivity contribution in [2.45, 2.75) is 38.6 Å². The number of alkyl carbamates (subject to hydrolysis) is 1. The lowest BCUT2D eigenvalue weighted by Gasteiger charge is -2.18. The molecule has 0 heterocycles. The zero-order valence-corrected chi connectivity index (χ0v) is 17.8. The van der Waals surface area contributed by atoms with E-state index in [-0.39, 0.29) is 37.3 Å². The third-order valence-electron chi connectivity index (χ3n) is 5.68. The summed E-state index contributed by atoms with van der Waals surface area (Å²) in [6, 6.07) is 15.3. The fraction of sp³-hybridized carbons (Fsp3) is 0.375. The normalized spacial score (nSPS) is 14.1. The highest BCUT2D eigenvalue weighted by atomic mass is 16.5. The lowest BCUT2D eigenvalue weighted by Crippen LogP contribution is -2.40. The van der Waals surface area contributed by atoms with E-state index in [2.05, 4.69) is 34.9 Å². The molecule has 3 N–H and O–H groups in total. The molecule has 2 aromatic rings. The second kappa shape index (κ2) is 10.1. The van der Waals surface area contributed by atoms with Gasteiger partial charge < -0.3 is 20.5 Å². The van der Waals surface area contributed by atoms with Gasteiger partial charge in [-0.1, -0.05) is 61.9 Å². The van der Waals surface area contributed by atoms with E-state index in [9.17, 15) is 14.4 Å². The van der Waals surface area contributed by atoms with Crippen molar-refractivity contribution in [1.29, 1.82) is 0 Å². The highest BCUT2D eigenvalue weighted by molar-refractivity contribution is 5.83. The number of carbonyl (C=O) groups excluding carboxylic acids is 2. The number of carbonyl (C=O) groups is 3. The molecule has 0 saturated heterocycles. The van der Waals surface area contributed by atoms with Gasteiger partial charge >= 0.3 is 12.1 Å². The first-order valence-electron chi connectivity index (χ1n) is 10.5. The number of hydrogen-bond acceptors (Lipinski definition) is 4. The van der Waals surface area contributed by atoms with Gasteiger partial charge in [0.15, 0.2) is 0 Å². The summed E-state index contributed by atoms with van der Waals surface area (Å²) in [6.07, 6.45) is 0.274. The van der Waals surface area contributed by atoms with Gasteiger partial charge in [-0.2, -0.15) is 0 Å². The van der Waals surface area contributed by atoms with E-state index < -0.39 is 18.1 Å². The van der Waals surface area contributed by atoms with Crippen LogP contribution in [0.4, 0.5) is 4.79 Å². The Balaban J connectivity index is 1.51. The van der Waals surface area contributed by atoms with Gasteiger partial charge in [-0.3, -0.25) is 9.59 Å². The molecule has 3 rings (SSSR count). The average Bonchev–Trinajstić information content (AvgIpc) is 3.08. The summed E-state index contributed by atoms with van der Waals surface area (Å²) in [5.41, 5.74) is 4.62. The molecule has 2 unspecified atom stereocenters. The Morgan fingerprint density at radius 1 is 1.03 bits per heavy atom. The van der Waals surface area contributed by atoms with Crippen LogP contribution in [0.25, 0.3) is 11.1 Å². The van der Waals surface area contributed by atoms with E-state index in [1.54, 1.807) is 0 Å². The Bertz CT molecular complexity index is 913. The topological polar surface area (TPSA) is 105 Å². The smallest absolute Gasteiger partial charge is 0.407 e. The lowest BCUT2D eigenvalue weighted by atomic mass is 9.98. The molecule has 1 aliphatic carbocycles. The van der Waals surface area contributed by atoms with Gasteiger partial charge in [0.2, 0.25) is 5.91 Å². The summed E-state index contributed by atoms with van der Waals surface area (Å²) in [5, 5.41) is 14.0. The first kappa shape index (κ1) is 22.3. The number of aliphatic carboxylic acids is 1. The van der Waals surface area contributed by atoms with Crippen molar-refractivity contribution in [3.05, 3.63) is 59.7 Å². The number of benzene rings is 2. The lowest BCUT2D eigenvalue weighted by molar-refractivity contribution is -0.141. The summed E-state index contributed by atoms with van der Waals surface area (Å²) in [5.74, 6) is -1.56. The number of rotatable bonds is 9. The molecule has 0 radical (unpaired) electrons. The van der Waals surface area contributed by atoms with E-state index in [0.29, 0.717) is 6.42 Å². The molecule has 31 heavy (non-hydrogen) atoms. The summed E-state index contributed by atoms with van der Waals surface area (Å²) < 4.78 is 5.51. The predicted molar refractivity (Wildman–Crippen MR) is 117 cm³/mol. The Morgan fingerprint density at radius 3 is 2.16 bits per heavy atom. The monoisotopic (exact) mass is 424 g/mol. The summed E-state index contributed by atoms with van der Waals surface area (Å²) in [4.78, 5) is 35.1. The maximum Gasteiger partial charge on any atom is 0.407 e. The Kier molecular flexibility index (Phi) is 7.28. The van der Waals surface area contributed by atoms with Gasteiger partial charge in [-0.05, 0) is 35.1 Å². The molecular formula is C24H28N2O5. The summed E-state index contributed by atoms with van der Waals surface area (Å²) in [6.45, 7) is 3.84. The predicted octanol–water partition coefficient (Wildman–Crippen LogP) is 3.53. The van der Waals surface area contributed by atoms with Gasteiger partial charge in [-0.25, -0.2) is 4.79 Å². The van der Waals surface area contributed by atoms with Gasteiger partial charge in [0.1, 0.15) is 12.6 Å². The second-order valence-corrected chi connectivity index (χ2v) is 7.81. The number of nitrogens with one attached hydrogen (secondary N) is 2. The largest absolute Gasteiger partial charge is 0.480 e. The molecule has 2 atom stereocenters. The molecular weight excluding hydrogens is 396 g/mol. The molecule has 7 nitrogen and oxygen atoms in total. The Morgan fingerprint density at radius 2 is 1.61 bits per heavy atom. The van der Waals surface area contributed by atoms with Crippen LogP contribution in [0.5, 0.6) is 0 Å². The molecule has 0 aromatic heterocycles. The third kappa shape index (κ3) is 5.42. The van der Waals surface area contributed by atoms with Crippen LogP contribution in [0.2, 0.25) is 0 Å². The molecule has 0 bridgehead atoms. The van der Waals surface area contributed by atoms with E-state index in [1.807, 2.05) is 31.2 Å². The molecule has 0 saturated carbocycles. The SMILES string of the molecule is CCC(CNC(=O)OCC1c2ccccc2-c2ccccc21)CC(=O)NC(C)C(=O)O. The molecule has 2 aromatic carbocycles. The minimum Gasteiger partial charge on any atom is -0.480 e. The number of hydrogen-bond donors (Lipinski definition) is 3. The van der Waals surface area contributed by atoms with E-state index in [4.69, 9.17) is 9.84 Å². The molecule has 0 aliphatic heterocycles. The Hall–Kier alpha value is -3.35. The molecule has 0 fully saturated rings. The van der Waals surface area contributed by atoms with Gasteiger partial charge in [0.05, 0.1) is 0 Å². The van der Waals surface area contributed by atoms with Crippen LogP contribution in [0.15, 0.2) is 48.5 Å². The van der Waals surface area contributed by atoms with E-state index in [0.717, 1.165) is 11.1 Å². The van der Waals surface area contributed by atoms with Crippen LogP contribution in [-0.4, -0.2) is 42.3 Å². The van der Waals surface area contributed by atoms with E-state index >= 15 is 0 Å². The van der Waals surface area contributed by atoms with Crippen molar-refractivity contribution in [2.24, 2.45) is 5.92 Å². The van der Waals surface area contributed by atoms with Crippen molar-refractivity contribution in [3.63, 3.8) is 0 Å². The van der Waals surface area contributed by atoms with Crippen LogP contribution in [0, 0.1) is 5.92 Å². The minimum absolute atomic E-state index is 0.0107. The van der Waals surface area contributed by atoms with Crippen LogP contribution < -0.4 is 10.6 Å². The molecule has 7 heteroatoms. The van der Waals surface area contributed by atoms with E-state index in [1.165, 1.54) is 18.1 Å². The highest BCUT2D eigenvalue weighted by Crippen LogP contribution is 2.44. The van der Waals surface area contributed by atoms with Crippen molar-refractivity contribution in [1.82, 2.24) is 10.6 Å². The van der Waals surface area contributed by atoms with Crippen LogP contribution in [0.3, 0.4) is 0 Å². The number of fused-ring (bicyclic) bond motifs is 3. The van der Waals surface area contributed by atoms with Crippen molar-refractivity contribution in [3.8, 4) is 11.1 Å². The first-order chi connectivity index (χ1) is 14.9. The minimum atomic E-state index is -1.09. The van der Waals surface area contributed by atoms with Crippen LogP contribution >= 0.6 is 0 Å². The fourth-order valence-electron chi connectivity index (χ4n) is 3.86. The molecule has 0 spiro atoms.